The van der Waals surface area contributed by atoms with Crippen LogP contribution in [0.4, 0.5) is 0 Å². The molecule has 20 heavy (non-hydrogen) atoms. The molecule has 0 aliphatic carbocycles. The van der Waals surface area contributed by atoms with Gasteiger partial charge in [0.2, 0.25) is 0 Å². The third-order valence-corrected chi connectivity index (χ3v) is 2.93. The second-order valence-electron chi connectivity index (χ2n) is 4.38. The first-order chi connectivity index (χ1) is 9.72. The summed E-state index contributed by atoms with van der Waals surface area (Å²) in [5.74, 6) is 0.172. The van der Waals surface area contributed by atoms with Crippen molar-refractivity contribution < 1.29 is 14.3 Å². The van der Waals surface area contributed by atoms with Gasteiger partial charge < -0.3 is 9.47 Å². The molecular weight excluding hydrogens is 252 g/mol. The van der Waals surface area contributed by atoms with E-state index >= 15 is 0 Å². The van der Waals surface area contributed by atoms with Crippen molar-refractivity contribution in [2.75, 3.05) is 6.61 Å². The SMILES string of the molecule is CCOC(C)C(=O)Oc1ccccc1-c1ccccc1. The van der Waals surface area contributed by atoms with Crippen LogP contribution < -0.4 is 4.74 Å². The third kappa shape index (κ3) is 3.45. The molecule has 0 saturated heterocycles. The van der Waals surface area contributed by atoms with E-state index in [1.165, 1.54) is 0 Å². The molecule has 0 amide bonds. The maximum atomic E-state index is 11.9. The number of carbonyl (C=O) groups excluding carboxylic acids is 1. The van der Waals surface area contributed by atoms with E-state index in [1.807, 2.05) is 55.5 Å². The number of ether oxygens (including phenoxy) is 2. The first-order valence-corrected chi connectivity index (χ1v) is 6.70. The molecule has 3 nitrogen and oxygen atoms in total. The van der Waals surface area contributed by atoms with Crippen molar-refractivity contribution in [3.8, 4) is 16.9 Å². The Labute approximate surface area is 119 Å². The second-order valence-corrected chi connectivity index (χ2v) is 4.38. The molecule has 0 aromatic heterocycles. The fourth-order valence-corrected chi connectivity index (χ4v) is 1.92. The predicted octanol–water partition coefficient (Wildman–Crippen LogP) is 3.68. The van der Waals surface area contributed by atoms with Crippen molar-refractivity contribution in [1.29, 1.82) is 0 Å². The summed E-state index contributed by atoms with van der Waals surface area (Å²) in [6, 6.07) is 17.3. The molecule has 2 aromatic carbocycles. The van der Waals surface area contributed by atoms with Crippen LogP contribution in [0.3, 0.4) is 0 Å². The van der Waals surface area contributed by atoms with Crippen LogP contribution >= 0.6 is 0 Å². The number of rotatable bonds is 5. The fourth-order valence-electron chi connectivity index (χ4n) is 1.92. The Morgan fingerprint density at radius 1 is 1.05 bits per heavy atom. The lowest BCUT2D eigenvalue weighted by Gasteiger charge is -2.13. The highest BCUT2D eigenvalue weighted by Crippen LogP contribution is 2.29. The predicted molar refractivity (Wildman–Crippen MR) is 78.6 cm³/mol. The van der Waals surface area contributed by atoms with E-state index in [0.29, 0.717) is 12.4 Å². The van der Waals surface area contributed by atoms with Gasteiger partial charge in [0.25, 0.3) is 0 Å². The highest BCUT2D eigenvalue weighted by Gasteiger charge is 2.17. The van der Waals surface area contributed by atoms with Crippen molar-refractivity contribution in [2.24, 2.45) is 0 Å². The van der Waals surface area contributed by atoms with Crippen molar-refractivity contribution in [3.05, 3.63) is 54.6 Å². The number of esters is 1. The minimum Gasteiger partial charge on any atom is -0.424 e. The van der Waals surface area contributed by atoms with Crippen LogP contribution in [0.5, 0.6) is 5.75 Å². The van der Waals surface area contributed by atoms with Crippen LogP contribution in [0.25, 0.3) is 11.1 Å². The van der Waals surface area contributed by atoms with Crippen LogP contribution in [-0.2, 0) is 9.53 Å². The molecule has 2 aromatic rings. The average Bonchev–Trinajstić information content (AvgIpc) is 2.49. The van der Waals surface area contributed by atoms with Crippen molar-refractivity contribution in [1.82, 2.24) is 0 Å². The van der Waals surface area contributed by atoms with Gasteiger partial charge in [-0.15, -0.1) is 0 Å². The summed E-state index contributed by atoms with van der Waals surface area (Å²) in [4.78, 5) is 11.9. The Morgan fingerprint density at radius 3 is 2.40 bits per heavy atom. The third-order valence-electron chi connectivity index (χ3n) is 2.93. The quantitative estimate of drug-likeness (QED) is 0.614. The summed E-state index contributed by atoms with van der Waals surface area (Å²) in [5.41, 5.74) is 1.91. The van der Waals surface area contributed by atoms with Gasteiger partial charge in [-0.25, -0.2) is 4.79 Å². The Hall–Kier alpha value is -2.13. The zero-order valence-electron chi connectivity index (χ0n) is 11.7. The molecule has 0 aliphatic rings. The molecule has 0 aliphatic heterocycles. The van der Waals surface area contributed by atoms with Crippen LogP contribution in [0.1, 0.15) is 13.8 Å². The molecule has 2 rings (SSSR count). The molecule has 0 spiro atoms. The van der Waals surface area contributed by atoms with Crippen LogP contribution in [0, 0.1) is 0 Å². The minimum absolute atomic E-state index is 0.379. The molecule has 0 heterocycles. The van der Waals surface area contributed by atoms with Gasteiger partial charge in [-0.1, -0.05) is 48.5 Å². The summed E-state index contributed by atoms with van der Waals surface area (Å²) >= 11 is 0. The fraction of sp³-hybridized carbons (Fsp3) is 0.235. The largest absolute Gasteiger partial charge is 0.424 e. The topological polar surface area (TPSA) is 35.5 Å². The smallest absolute Gasteiger partial charge is 0.340 e. The summed E-state index contributed by atoms with van der Waals surface area (Å²) in [6.07, 6.45) is -0.566. The lowest BCUT2D eigenvalue weighted by Crippen LogP contribution is -2.25. The molecular formula is C17H18O3. The van der Waals surface area contributed by atoms with Gasteiger partial charge in [-0.05, 0) is 25.5 Å². The normalized spacial score (nSPS) is 11.9. The average molecular weight is 270 g/mol. The number of hydrogen-bond acceptors (Lipinski definition) is 3. The molecule has 0 bridgehead atoms. The lowest BCUT2D eigenvalue weighted by atomic mass is 10.1. The van der Waals surface area contributed by atoms with Gasteiger partial charge in [0.05, 0.1) is 0 Å². The van der Waals surface area contributed by atoms with E-state index < -0.39 is 6.10 Å². The number of benzene rings is 2. The highest BCUT2D eigenvalue weighted by molar-refractivity contribution is 5.80. The zero-order valence-corrected chi connectivity index (χ0v) is 11.7. The Kier molecular flexibility index (Phi) is 4.91. The zero-order chi connectivity index (χ0) is 14.4. The molecule has 0 N–H and O–H groups in total. The Balaban J connectivity index is 2.23. The van der Waals surface area contributed by atoms with E-state index in [0.717, 1.165) is 11.1 Å². The highest BCUT2D eigenvalue weighted by atomic mass is 16.6. The van der Waals surface area contributed by atoms with Gasteiger partial charge in [0.1, 0.15) is 5.75 Å². The molecule has 0 fully saturated rings. The first-order valence-electron chi connectivity index (χ1n) is 6.70. The summed E-state index contributed by atoms with van der Waals surface area (Å²) in [5, 5.41) is 0. The molecule has 3 heteroatoms. The summed E-state index contributed by atoms with van der Waals surface area (Å²) in [6.45, 7) is 4.02. The van der Waals surface area contributed by atoms with Crippen molar-refractivity contribution in [2.45, 2.75) is 20.0 Å². The van der Waals surface area contributed by atoms with Gasteiger partial charge in [0, 0.05) is 12.2 Å². The number of carbonyl (C=O) groups is 1. The van der Waals surface area contributed by atoms with Crippen LogP contribution in [0.15, 0.2) is 54.6 Å². The van der Waals surface area contributed by atoms with Crippen molar-refractivity contribution in [3.63, 3.8) is 0 Å². The summed E-state index contributed by atoms with van der Waals surface area (Å²) < 4.78 is 10.7. The first kappa shape index (κ1) is 14.3. The van der Waals surface area contributed by atoms with Crippen molar-refractivity contribution >= 4 is 5.97 Å². The lowest BCUT2D eigenvalue weighted by molar-refractivity contribution is -0.145. The second kappa shape index (κ2) is 6.87. The molecule has 0 saturated carbocycles. The maximum Gasteiger partial charge on any atom is 0.340 e. The van der Waals surface area contributed by atoms with E-state index in [9.17, 15) is 4.79 Å². The maximum absolute atomic E-state index is 11.9. The minimum atomic E-state index is -0.566. The molecule has 104 valence electrons. The summed E-state index contributed by atoms with van der Waals surface area (Å²) in [7, 11) is 0. The number of hydrogen-bond donors (Lipinski definition) is 0. The number of para-hydroxylation sites is 1. The van der Waals surface area contributed by atoms with Gasteiger partial charge in [-0.3, -0.25) is 0 Å². The van der Waals surface area contributed by atoms with E-state index in [-0.39, 0.29) is 5.97 Å². The van der Waals surface area contributed by atoms with Gasteiger partial charge >= 0.3 is 5.97 Å². The standard InChI is InChI=1S/C17H18O3/c1-3-19-13(2)17(18)20-16-12-8-7-11-15(16)14-9-5-4-6-10-14/h4-13H,3H2,1-2H3. The van der Waals surface area contributed by atoms with E-state index in [1.54, 1.807) is 13.0 Å². The Bertz CT molecular complexity index is 563. The van der Waals surface area contributed by atoms with Gasteiger partial charge in [0.15, 0.2) is 6.10 Å². The van der Waals surface area contributed by atoms with Crippen LogP contribution in [-0.4, -0.2) is 18.7 Å². The molecule has 0 radical (unpaired) electrons. The molecule has 1 atom stereocenters. The molecule has 1 unspecified atom stereocenters. The van der Waals surface area contributed by atoms with Gasteiger partial charge in [-0.2, -0.15) is 0 Å². The Morgan fingerprint density at radius 2 is 1.70 bits per heavy atom. The van der Waals surface area contributed by atoms with E-state index in [2.05, 4.69) is 0 Å². The van der Waals surface area contributed by atoms with Crippen LogP contribution in [0.2, 0.25) is 0 Å². The van der Waals surface area contributed by atoms with E-state index in [4.69, 9.17) is 9.47 Å². The monoisotopic (exact) mass is 270 g/mol.